The third kappa shape index (κ3) is 5.54. The molecule has 1 atom stereocenters. The summed E-state index contributed by atoms with van der Waals surface area (Å²) < 4.78 is 17.7. The van der Waals surface area contributed by atoms with Crippen LogP contribution in [-0.4, -0.2) is 33.7 Å². The van der Waals surface area contributed by atoms with E-state index in [4.69, 9.17) is 13.3 Å². The van der Waals surface area contributed by atoms with Crippen LogP contribution in [0.3, 0.4) is 0 Å². The highest BCUT2D eigenvalue weighted by Gasteiger charge is 2.39. The lowest BCUT2D eigenvalue weighted by Crippen LogP contribution is -2.45. The second kappa shape index (κ2) is 9.50. The van der Waals surface area contributed by atoms with Crippen LogP contribution in [0, 0.1) is 5.92 Å². The number of aliphatic hydroxyl groups excluding tert-OH is 1. The Kier molecular flexibility index (Phi) is 8.39. The number of hydrogen-bond donors (Lipinski definition) is 1. The van der Waals surface area contributed by atoms with Gasteiger partial charge in [-0.15, -0.1) is 0 Å². The third-order valence-corrected chi connectivity index (χ3v) is 7.08. The minimum absolute atomic E-state index is 0.229. The van der Waals surface area contributed by atoms with Crippen molar-refractivity contribution in [2.24, 2.45) is 5.92 Å². The molecule has 0 bridgehead atoms. The first-order valence-electron chi connectivity index (χ1n) is 8.49. The van der Waals surface area contributed by atoms with E-state index in [0.29, 0.717) is 25.6 Å². The SMILES string of the molecule is CCO[Si](CCCC1=CC(C)=C(O)C(C)C1)(OCC)OCC. The Hall–Kier alpha value is -0.623. The smallest absolute Gasteiger partial charge is 0.500 e. The van der Waals surface area contributed by atoms with E-state index in [1.165, 1.54) is 5.57 Å². The lowest BCUT2D eigenvalue weighted by Gasteiger charge is -2.29. The molecule has 0 radical (unpaired) electrons. The maximum absolute atomic E-state index is 9.91. The predicted octanol–water partition coefficient (Wildman–Crippen LogP) is 4.61. The van der Waals surface area contributed by atoms with E-state index in [-0.39, 0.29) is 5.92 Å². The molecule has 0 saturated carbocycles. The molecule has 0 saturated heterocycles. The van der Waals surface area contributed by atoms with Gasteiger partial charge >= 0.3 is 8.80 Å². The zero-order valence-corrected chi connectivity index (χ0v) is 15.8. The van der Waals surface area contributed by atoms with Crippen LogP contribution in [-0.2, 0) is 13.3 Å². The fourth-order valence-corrected chi connectivity index (χ4v) is 5.64. The summed E-state index contributed by atoms with van der Waals surface area (Å²) in [5.41, 5.74) is 2.40. The summed E-state index contributed by atoms with van der Waals surface area (Å²) in [5, 5.41) is 9.91. The Labute approximate surface area is 136 Å². The lowest BCUT2D eigenvalue weighted by atomic mass is 9.88. The highest BCUT2D eigenvalue weighted by atomic mass is 28.4. The molecule has 0 heterocycles. The molecule has 1 unspecified atom stereocenters. The Morgan fingerprint density at radius 1 is 1.14 bits per heavy atom. The first-order valence-corrected chi connectivity index (χ1v) is 10.4. The van der Waals surface area contributed by atoms with Crippen molar-refractivity contribution in [1.82, 2.24) is 0 Å². The van der Waals surface area contributed by atoms with Crippen LogP contribution in [0.5, 0.6) is 0 Å². The van der Waals surface area contributed by atoms with Crippen molar-refractivity contribution in [2.75, 3.05) is 19.8 Å². The molecule has 0 spiro atoms. The molecule has 0 fully saturated rings. The average molecular weight is 329 g/mol. The van der Waals surface area contributed by atoms with Crippen molar-refractivity contribution >= 4 is 8.80 Å². The van der Waals surface area contributed by atoms with Gasteiger partial charge < -0.3 is 18.4 Å². The highest BCUT2D eigenvalue weighted by Crippen LogP contribution is 2.31. The molecule has 0 aromatic heterocycles. The Balaban J connectivity index is 2.61. The van der Waals surface area contributed by atoms with Crippen molar-refractivity contribution in [3.63, 3.8) is 0 Å². The predicted molar refractivity (Wildman–Crippen MR) is 91.9 cm³/mol. The summed E-state index contributed by atoms with van der Waals surface area (Å²) in [7, 11) is -2.52. The third-order valence-electron chi connectivity index (χ3n) is 3.93. The summed E-state index contributed by atoms with van der Waals surface area (Å²) in [5.74, 6) is 0.762. The molecule has 128 valence electrons. The Morgan fingerprint density at radius 2 is 1.68 bits per heavy atom. The molecule has 1 N–H and O–H groups in total. The molecule has 0 amide bonds. The average Bonchev–Trinajstić information content (AvgIpc) is 2.45. The summed E-state index contributed by atoms with van der Waals surface area (Å²) >= 11 is 0. The minimum Gasteiger partial charge on any atom is -0.512 e. The largest absolute Gasteiger partial charge is 0.512 e. The van der Waals surface area contributed by atoms with Gasteiger partial charge in [-0.1, -0.05) is 18.6 Å². The summed E-state index contributed by atoms with van der Waals surface area (Å²) in [6.45, 7) is 11.9. The van der Waals surface area contributed by atoms with Crippen molar-refractivity contribution < 1.29 is 18.4 Å². The van der Waals surface area contributed by atoms with Crippen molar-refractivity contribution in [3.05, 3.63) is 23.0 Å². The van der Waals surface area contributed by atoms with Gasteiger partial charge in [-0.25, -0.2) is 0 Å². The van der Waals surface area contributed by atoms with Gasteiger partial charge in [0.1, 0.15) is 0 Å². The zero-order valence-electron chi connectivity index (χ0n) is 14.8. The van der Waals surface area contributed by atoms with Crippen molar-refractivity contribution in [2.45, 2.75) is 59.9 Å². The molecule has 0 aromatic carbocycles. The van der Waals surface area contributed by atoms with Gasteiger partial charge in [0, 0.05) is 31.8 Å². The van der Waals surface area contributed by atoms with Gasteiger partial charge in [0.15, 0.2) is 0 Å². The van der Waals surface area contributed by atoms with Gasteiger partial charge in [0.25, 0.3) is 0 Å². The molecule has 4 nitrogen and oxygen atoms in total. The van der Waals surface area contributed by atoms with E-state index >= 15 is 0 Å². The second-order valence-electron chi connectivity index (χ2n) is 5.81. The molecular weight excluding hydrogens is 296 g/mol. The zero-order chi connectivity index (χ0) is 16.6. The number of rotatable bonds is 10. The molecule has 0 aliphatic heterocycles. The summed E-state index contributed by atoms with van der Waals surface area (Å²) in [6, 6.07) is 0.850. The van der Waals surface area contributed by atoms with Crippen LogP contribution >= 0.6 is 0 Å². The Morgan fingerprint density at radius 3 is 2.14 bits per heavy atom. The summed E-state index contributed by atoms with van der Waals surface area (Å²) in [6.07, 6.45) is 5.08. The lowest BCUT2D eigenvalue weighted by molar-refractivity contribution is 0.0708. The van der Waals surface area contributed by atoms with Crippen LogP contribution < -0.4 is 0 Å². The normalized spacial score (nSPS) is 19.5. The van der Waals surface area contributed by atoms with E-state index in [1.54, 1.807) is 0 Å². The minimum atomic E-state index is -2.52. The molecule has 1 aliphatic rings. The van der Waals surface area contributed by atoms with Crippen LogP contribution in [0.25, 0.3) is 0 Å². The van der Waals surface area contributed by atoms with Crippen LogP contribution in [0.2, 0.25) is 6.04 Å². The van der Waals surface area contributed by atoms with Crippen molar-refractivity contribution in [3.8, 4) is 0 Å². The van der Waals surface area contributed by atoms with Gasteiger partial charge in [-0.05, 0) is 52.5 Å². The second-order valence-corrected chi connectivity index (χ2v) is 8.54. The number of hydrogen-bond acceptors (Lipinski definition) is 4. The first kappa shape index (κ1) is 19.4. The van der Waals surface area contributed by atoms with E-state index in [9.17, 15) is 5.11 Å². The molecule has 0 aromatic rings. The van der Waals surface area contributed by atoms with Crippen molar-refractivity contribution in [1.29, 1.82) is 0 Å². The van der Waals surface area contributed by atoms with Gasteiger partial charge in [-0.3, -0.25) is 0 Å². The highest BCUT2D eigenvalue weighted by molar-refractivity contribution is 6.60. The fraction of sp³-hybridized carbons (Fsp3) is 0.765. The quantitative estimate of drug-likeness (QED) is 0.595. The monoisotopic (exact) mass is 328 g/mol. The molecular formula is C17H32O4Si. The van der Waals surface area contributed by atoms with Gasteiger partial charge in [-0.2, -0.15) is 0 Å². The van der Waals surface area contributed by atoms with Crippen LogP contribution in [0.1, 0.15) is 53.9 Å². The fourth-order valence-electron chi connectivity index (χ4n) is 3.03. The molecule has 22 heavy (non-hydrogen) atoms. The molecule has 1 rings (SSSR count). The maximum atomic E-state index is 9.91. The van der Waals surface area contributed by atoms with E-state index in [2.05, 4.69) is 13.0 Å². The molecule has 5 heteroatoms. The standard InChI is InChI=1S/C17H32O4Si/c1-6-19-22(20-7-2,21-8-3)11-9-10-16-12-14(4)17(18)15(5)13-16/h12,15,18H,6-11,13H2,1-5H3. The Bertz CT molecular complexity index is 386. The number of allylic oxidation sites excluding steroid dienone is 4. The molecule has 1 aliphatic carbocycles. The first-order chi connectivity index (χ1) is 10.5. The maximum Gasteiger partial charge on any atom is 0.500 e. The van der Waals surface area contributed by atoms with E-state index in [1.807, 2.05) is 27.7 Å². The summed E-state index contributed by atoms with van der Waals surface area (Å²) in [4.78, 5) is 0. The van der Waals surface area contributed by atoms with Gasteiger partial charge in [0.2, 0.25) is 0 Å². The topological polar surface area (TPSA) is 47.9 Å². The van der Waals surface area contributed by atoms with Crippen LogP contribution in [0.4, 0.5) is 0 Å². The van der Waals surface area contributed by atoms with Gasteiger partial charge in [0.05, 0.1) is 5.76 Å². The number of aliphatic hydroxyl groups is 1. The van der Waals surface area contributed by atoms with E-state index < -0.39 is 8.80 Å². The van der Waals surface area contributed by atoms with Crippen LogP contribution in [0.15, 0.2) is 23.0 Å². The van der Waals surface area contributed by atoms with E-state index in [0.717, 1.165) is 30.9 Å².